The monoisotopic (exact) mass is 318 g/mol. The molecule has 0 unspecified atom stereocenters. The number of carbonyl (C=O) groups excluding carboxylic acids is 1. The molecule has 2 aromatic heterocycles. The van der Waals surface area contributed by atoms with Gasteiger partial charge in [0.05, 0.1) is 12.0 Å². The summed E-state index contributed by atoms with van der Waals surface area (Å²) >= 11 is 0. The van der Waals surface area contributed by atoms with E-state index >= 15 is 0 Å². The number of aromatic hydroxyl groups is 1. The SMILES string of the molecule is CCOC(=O)c1c(O)c2cnc(N3CCCC3)nc2n(C)c1=O. The first-order valence-electron chi connectivity index (χ1n) is 7.55. The van der Waals surface area contributed by atoms with Gasteiger partial charge in [0.25, 0.3) is 5.56 Å². The Hall–Kier alpha value is -2.64. The van der Waals surface area contributed by atoms with Gasteiger partial charge in [-0.25, -0.2) is 9.78 Å². The topological polar surface area (TPSA) is 97.6 Å². The Kier molecular flexibility index (Phi) is 3.89. The van der Waals surface area contributed by atoms with Crippen molar-refractivity contribution in [2.24, 2.45) is 7.05 Å². The number of nitrogens with zero attached hydrogens (tertiary/aromatic N) is 4. The molecule has 0 bridgehead atoms. The highest BCUT2D eigenvalue weighted by Crippen LogP contribution is 2.26. The van der Waals surface area contributed by atoms with Crippen LogP contribution in [0, 0.1) is 0 Å². The number of aryl methyl sites for hydroxylation is 1. The molecule has 8 nitrogen and oxygen atoms in total. The number of carbonyl (C=O) groups is 1. The average Bonchev–Trinajstić information content (AvgIpc) is 3.07. The van der Waals surface area contributed by atoms with E-state index in [0.29, 0.717) is 5.95 Å². The lowest BCUT2D eigenvalue weighted by atomic mass is 10.2. The number of fused-ring (bicyclic) bond motifs is 1. The Bertz CT molecular complexity index is 824. The van der Waals surface area contributed by atoms with E-state index in [2.05, 4.69) is 9.97 Å². The van der Waals surface area contributed by atoms with Gasteiger partial charge in [-0.15, -0.1) is 0 Å². The summed E-state index contributed by atoms with van der Waals surface area (Å²) in [7, 11) is 1.51. The normalized spacial score (nSPS) is 14.4. The minimum Gasteiger partial charge on any atom is -0.506 e. The summed E-state index contributed by atoms with van der Waals surface area (Å²) in [6, 6.07) is 0. The van der Waals surface area contributed by atoms with Crippen LogP contribution in [0.4, 0.5) is 5.95 Å². The molecule has 0 amide bonds. The van der Waals surface area contributed by atoms with E-state index in [9.17, 15) is 14.7 Å². The van der Waals surface area contributed by atoms with Crippen LogP contribution in [0.5, 0.6) is 5.75 Å². The van der Waals surface area contributed by atoms with Gasteiger partial charge >= 0.3 is 5.97 Å². The maximum atomic E-state index is 12.4. The van der Waals surface area contributed by atoms with Crippen molar-refractivity contribution in [2.75, 3.05) is 24.6 Å². The number of ether oxygens (including phenoxy) is 1. The second kappa shape index (κ2) is 5.86. The summed E-state index contributed by atoms with van der Waals surface area (Å²) < 4.78 is 6.08. The van der Waals surface area contributed by atoms with Crippen LogP contribution in [-0.2, 0) is 11.8 Å². The fourth-order valence-electron chi connectivity index (χ4n) is 2.74. The molecule has 3 heterocycles. The number of pyridine rings is 1. The lowest BCUT2D eigenvalue weighted by Gasteiger charge is -2.16. The van der Waals surface area contributed by atoms with Crippen LogP contribution < -0.4 is 10.5 Å². The van der Waals surface area contributed by atoms with Crippen LogP contribution in [0.15, 0.2) is 11.0 Å². The molecule has 1 N–H and O–H groups in total. The molecule has 0 saturated carbocycles. The van der Waals surface area contributed by atoms with Crippen molar-refractivity contribution in [2.45, 2.75) is 19.8 Å². The third-order valence-electron chi connectivity index (χ3n) is 3.95. The van der Waals surface area contributed by atoms with Crippen molar-refractivity contribution in [3.05, 3.63) is 22.1 Å². The lowest BCUT2D eigenvalue weighted by molar-refractivity contribution is 0.0520. The van der Waals surface area contributed by atoms with Crippen molar-refractivity contribution in [1.82, 2.24) is 14.5 Å². The first-order valence-corrected chi connectivity index (χ1v) is 7.55. The van der Waals surface area contributed by atoms with Gasteiger partial charge in [-0.3, -0.25) is 9.36 Å². The molecule has 0 atom stereocenters. The van der Waals surface area contributed by atoms with Crippen molar-refractivity contribution in [3.63, 3.8) is 0 Å². The van der Waals surface area contributed by atoms with Crippen LogP contribution in [0.2, 0.25) is 0 Å². The van der Waals surface area contributed by atoms with Gasteiger partial charge in [0.2, 0.25) is 5.95 Å². The maximum absolute atomic E-state index is 12.4. The fraction of sp³-hybridized carbons (Fsp3) is 0.467. The highest BCUT2D eigenvalue weighted by atomic mass is 16.5. The summed E-state index contributed by atoms with van der Waals surface area (Å²) in [6.07, 6.45) is 3.59. The van der Waals surface area contributed by atoms with Crippen LogP contribution >= 0.6 is 0 Å². The molecule has 1 saturated heterocycles. The van der Waals surface area contributed by atoms with Gasteiger partial charge in [0.1, 0.15) is 5.75 Å². The molecule has 122 valence electrons. The van der Waals surface area contributed by atoms with Crippen LogP contribution in [0.3, 0.4) is 0 Å². The van der Waals surface area contributed by atoms with Crippen LogP contribution in [-0.4, -0.2) is 45.3 Å². The molecule has 8 heteroatoms. The number of anilines is 1. The smallest absolute Gasteiger partial charge is 0.347 e. The zero-order chi connectivity index (χ0) is 16.6. The predicted octanol–water partition coefficient (Wildman–Crippen LogP) is 0.811. The zero-order valence-corrected chi connectivity index (χ0v) is 13.1. The third-order valence-corrected chi connectivity index (χ3v) is 3.95. The molecular weight excluding hydrogens is 300 g/mol. The number of rotatable bonds is 3. The van der Waals surface area contributed by atoms with Crippen molar-refractivity contribution in [3.8, 4) is 5.75 Å². The molecule has 0 aliphatic carbocycles. The van der Waals surface area contributed by atoms with E-state index in [0.717, 1.165) is 25.9 Å². The Morgan fingerprint density at radius 1 is 1.39 bits per heavy atom. The standard InChI is InChI=1S/C15H18N4O4/c1-3-23-14(22)10-11(20)9-8-16-15(19-6-4-5-7-19)17-12(9)18(2)13(10)21/h8,20H,3-7H2,1-2H3. The number of hydrogen-bond donors (Lipinski definition) is 1. The third kappa shape index (κ3) is 2.49. The van der Waals surface area contributed by atoms with Crippen LogP contribution in [0.1, 0.15) is 30.1 Å². The molecule has 0 radical (unpaired) electrons. The molecule has 23 heavy (non-hydrogen) atoms. The minimum absolute atomic E-state index is 0.115. The van der Waals surface area contributed by atoms with E-state index in [-0.39, 0.29) is 23.2 Å². The summed E-state index contributed by atoms with van der Waals surface area (Å²) in [5.41, 5.74) is -0.739. The second-order valence-corrected chi connectivity index (χ2v) is 5.41. The maximum Gasteiger partial charge on any atom is 0.347 e. The summed E-state index contributed by atoms with van der Waals surface area (Å²) in [5.74, 6) is -0.765. The number of esters is 1. The first kappa shape index (κ1) is 15.3. The van der Waals surface area contributed by atoms with Gasteiger partial charge in [0.15, 0.2) is 11.2 Å². The molecule has 1 aliphatic heterocycles. The zero-order valence-electron chi connectivity index (χ0n) is 13.1. The van der Waals surface area contributed by atoms with Crippen molar-refractivity contribution < 1.29 is 14.6 Å². The van der Waals surface area contributed by atoms with Gasteiger partial charge in [0, 0.05) is 26.3 Å². The van der Waals surface area contributed by atoms with Gasteiger partial charge in [-0.2, -0.15) is 4.98 Å². The molecule has 2 aromatic rings. The molecule has 1 aliphatic rings. The van der Waals surface area contributed by atoms with Gasteiger partial charge in [-0.05, 0) is 19.8 Å². The highest BCUT2D eigenvalue weighted by molar-refractivity contribution is 5.98. The second-order valence-electron chi connectivity index (χ2n) is 5.41. The van der Waals surface area contributed by atoms with E-state index in [1.807, 2.05) is 4.90 Å². The lowest BCUT2D eigenvalue weighted by Crippen LogP contribution is -2.27. The van der Waals surface area contributed by atoms with Crippen molar-refractivity contribution >= 4 is 23.0 Å². The van der Waals surface area contributed by atoms with Gasteiger partial charge in [-0.1, -0.05) is 0 Å². The molecular formula is C15H18N4O4. The summed E-state index contributed by atoms with van der Waals surface area (Å²) in [6.45, 7) is 3.48. The largest absolute Gasteiger partial charge is 0.506 e. The Morgan fingerprint density at radius 2 is 2.09 bits per heavy atom. The minimum atomic E-state index is -0.851. The quantitative estimate of drug-likeness (QED) is 0.836. The summed E-state index contributed by atoms with van der Waals surface area (Å²) in [5, 5.41) is 10.5. The molecule has 3 rings (SSSR count). The first-order chi connectivity index (χ1) is 11.0. The van der Waals surface area contributed by atoms with E-state index in [4.69, 9.17) is 4.74 Å². The van der Waals surface area contributed by atoms with E-state index < -0.39 is 17.3 Å². The van der Waals surface area contributed by atoms with E-state index in [1.54, 1.807) is 6.92 Å². The molecule has 0 spiro atoms. The van der Waals surface area contributed by atoms with Crippen molar-refractivity contribution in [1.29, 1.82) is 0 Å². The van der Waals surface area contributed by atoms with Gasteiger partial charge < -0.3 is 14.7 Å². The molecule has 0 aromatic carbocycles. The Labute approximate surface area is 132 Å². The Morgan fingerprint density at radius 3 is 2.74 bits per heavy atom. The highest BCUT2D eigenvalue weighted by Gasteiger charge is 2.24. The predicted molar refractivity (Wildman–Crippen MR) is 83.8 cm³/mol. The van der Waals surface area contributed by atoms with Crippen LogP contribution in [0.25, 0.3) is 11.0 Å². The summed E-state index contributed by atoms with van der Waals surface area (Å²) in [4.78, 5) is 35.0. The average molecular weight is 318 g/mol. The number of aromatic nitrogens is 3. The number of hydrogen-bond acceptors (Lipinski definition) is 7. The Balaban J connectivity index is 2.19. The fourth-order valence-corrected chi connectivity index (χ4v) is 2.74. The van der Waals surface area contributed by atoms with E-state index in [1.165, 1.54) is 17.8 Å². The molecule has 1 fully saturated rings.